The van der Waals surface area contributed by atoms with Crippen molar-refractivity contribution >= 4 is 54.8 Å². The predicted octanol–water partition coefficient (Wildman–Crippen LogP) is 4.12. The van der Waals surface area contributed by atoms with Crippen LogP contribution in [-0.4, -0.2) is 63.8 Å². The SMILES string of the molecule is CCOc1cccc2sc(N(CCN(C)C)C(=O)c3ccc(S(=O)(=O)CC)cc3)nc12.Cl. The first-order valence-electron chi connectivity index (χ1n) is 10.1. The number of ether oxygens (including phenoxy) is 1. The van der Waals surface area contributed by atoms with E-state index in [1.165, 1.54) is 23.5 Å². The van der Waals surface area contributed by atoms with E-state index >= 15 is 0 Å². The van der Waals surface area contributed by atoms with Crippen LogP contribution in [-0.2, 0) is 9.84 Å². The summed E-state index contributed by atoms with van der Waals surface area (Å²) in [6.45, 7) is 5.15. The van der Waals surface area contributed by atoms with E-state index in [-0.39, 0.29) is 29.0 Å². The van der Waals surface area contributed by atoms with Crippen molar-refractivity contribution in [2.24, 2.45) is 0 Å². The van der Waals surface area contributed by atoms with Gasteiger partial charge in [-0.3, -0.25) is 9.69 Å². The van der Waals surface area contributed by atoms with Gasteiger partial charge >= 0.3 is 0 Å². The van der Waals surface area contributed by atoms with Gasteiger partial charge in [-0.05, 0) is 57.4 Å². The lowest BCUT2D eigenvalue weighted by molar-refractivity contribution is 0.0985. The molecule has 0 fully saturated rings. The van der Waals surface area contributed by atoms with Crippen LogP contribution in [0.5, 0.6) is 5.75 Å². The second kappa shape index (κ2) is 11.1. The van der Waals surface area contributed by atoms with Crippen LogP contribution in [0.25, 0.3) is 10.2 Å². The van der Waals surface area contributed by atoms with E-state index in [1.807, 2.05) is 44.1 Å². The molecule has 0 aliphatic heterocycles. The number of aromatic nitrogens is 1. The lowest BCUT2D eigenvalue weighted by atomic mass is 10.2. The molecule has 0 aliphatic rings. The van der Waals surface area contributed by atoms with Crippen LogP contribution in [0.4, 0.5) is 5.13 Å². The van der Waals surface area contributed by atoms with E-state index in [4.69, 9.17) is 9.72 Å². The number of halogens is 1. The number of fused-ring (bicyclic) bond motifs is 1. The first-order valence-corrected chi connectivity index (χ1v) is 12.6. The fraction of sp³-hybridized carbons (Fsp3) is 0.364. The van der Waals surface area contributed by atoms with Crippen molar-refractivity contribution in [3.05, 3.63) is 48.0 Å². The van der Waals surface area contributed by atoms with E-state index in [0.29, 0.717) is 36.1 Å². The third-order valence-electron chi connectivity index (χ3n) is 4.76. The molecule has 3 rings (SSSR count). The number of rotatable bonds is 9. The summed E-state index contributed by atoms with van der Waals surface area (Å²) in [5, 5.41) is 0.583. The van der Waals surface area contributed by atoms with Gasteiger partial charge in [0.2, 0.25) is 0 Å². The third kappa shape index (κ3) is 5.78. The average Bonchev–Trinajstić information content (AvgIpc) is 3.19. The number of amides is 1. The van der Waals surface area contributed by atoms with Crippen LogP contribution in [0.1, 0.15) is 24.2 Å². The standard InChI is InChI=1S/C22H27N3O4S2.ClH/c1-5-29-18-8-7-9-19-20(18)23-22(30-19)25(15-14-24(3)4)21(26)16-10-12-17(13-11-16)31(27,28)6-2;/h7-13H,5-6,14-15H2,1-4H3;1H. The lowest BCUT2D eigenvalue weighted by Gasteiger charge is -2.22. The maximum Gasteiger partial charge on any atom is 0.260 e. The monoisotopic (exact) mass is 497 g/mol. The van der Waals surface area contributed by atoms with Gasteiger partial charge in [-0.1, -0.05) is 24.3 Å². The smallest absolute Gasteiger partial charge is 0.260 e. The Balaban J connectivity index is 0.00000363. The molecule has 0 atom stereocenters. The van der Waals surface area contributed by atoms with Gasteiger partial charge in [-0.15, -0.1) is 12.4 Å². The number of hydrogen-bond donors (Lipinski definition) is 0. The molecule has 7 nitrogen and oxygen atoms in total. The number of benzene rings is 2. The van der Waals surface area contributed by atoms with Crippen LogP contribution in [0, 0.1) is 0 Å². The molecule has 3 aromatic rings. The molecule has 0 aliphatic carbocycles. The average molecular weight is 498 g/mol. The zero-order chi connectivity index (χ0) is 22.6. The number of likely N-dealkylation sites (N-methyl/N-ethyl adjacent to an activating group) is 1. The molecule has 2 aromatic carbocycles. The lowest BCUT2D eigenvalue weighted by Crippen LogP contribution is -2.36. The number of anilines is 1. The van der Waals surface area contributed by atoms with Crippen LogP contribution in [0.2, 0.25) is 0 Å². The quantitative estimate of drug-likeness (QED) is 0.442. The number of hydrogen-bond acceptors (Lipinski definition) is 7. The summed E-state index contributed by atoms with van der Waals surface area (Å²) >= 11 is 1.43. The zero-order valence-electron chi connectivity index (χ0n) is 18.6. The molecular weight excluding hydrogens is 470 g/mol. The highest BCUT2D eigenvalue weighted by Gasteiger charge is 2.23. The number of carbonyl (C=O) groups is 1. The summed E-state index contributed by atoms with van der Waals surface area (Å²) < 4.78 is 30.8. The van der Waals surface area contributed by atoms with Crippen molar-refractivity contribution in [2.75, 3.05) is 44.4 Å². The van der Waals surface area contributed by atoms with Gasteiger partial charge in [-0.25, -0.2) is 13.4 Å². The van der Waals surface area contributed by atoms with Gasteiger partial charge in [-0.2, -0.15) is 0 Å². The highest BCUT2D eigenvalue weighted by Crippen LogP contribution is 2.34. The maximum absolute atomic E-state index is 13.4. The van der Waals surface area contributed by atoms with E-state index < -0.39 is 9.84 Å². The van der Waals surface area contributed by atoms with Crippen molar-refractivity contribution in [2.45, 2.75) is 18.7 Å². The number of carbonyl (C=O) groups excluding carboxylic acids is 1. The van der Waals surface area contributed by atoms with Gasteiger partial charge in [0.05, 0.1) is 22.0 Å². The molecular formula is C22H28ClN3O4S2. The number of thiazole rings is 1. The minimum absolute atomic E-state index is 0. The van der Waals surface area contributed by atoms with Gasteiger partial charge < -0.3 is 9.64 Å². The predicted molar refractivity (Wildman–Crippen MR) is 132 cm³/mol. The molecule has 174 valence electrons. The van der Waals surface area contributed by atoms with Crippen LogP contribution in [0.3, 0.4) is 0 Å². The number of para-hydroxylation sites is 1. The summed E-state index contributed by atoms with van der Waals surface area (Å²) in [4.78, 5) is 21.9. The first-order chi connectivity index (χ1) is 14.8. The topological polar surface area (TPSA) is 79.8 Å². The molecule has 0 N–H and O–H groups in total. The Bertz CT molecular complexity index is 1160. The van der Waals surface area contributed by atoms with E-state index in [0.717, 1.165) is 10.2 Å². The molecule has 1 aromatic heterocycles. The fourth-order valence-corrected chi connectivity index (χ4v) is 4.90. The first kappa shape index (κ1) is 26.1. The van der Waals surface area contributed by atoms with Crippen molar-refractivity contribution in [1.29, 1.82) is 0 Å². The van der Waals surface area contributed by atoms with E-state index in [9.17, 15) is 13.2 Å². The summed E-state index contributed by atoms with van der Waals surface area (Å²) in [7, 11) is 0.568. The van der Waals surface area contributed by atoms with Crippen LogP contribution < -0.4 is 9.64 Å². The number of nitrogens with zero attached hydrogens (tertiary/aromatic N) is 3. The molecule has 0 spiro atoms. The summed E-state index contributed by atoms with van der Waals surface area (Å²) in [6.07, 6.45) is 0. The summed E-state index contributed by atoms with van der Waals surface area (Å²) in [6, 6.07) is 11.8. The van der Waals surface area contributed by atoms with Crippen molar-refractivity contribution < 1.29 is 17.9 Å². The summed E-state index contributed by atoms with van der Waals surface area (Å²) in [5.74, 6) is 0.485. The Kier molecular flexibility index (Phi) is 9.03. The third-order valence-corrected chi connectivity index (χ3v) is 7.55. The Morgan fingerprint density at radius 1 is 1.06 bits per heavy atom. The second-order valence-corrected chi connectivity index (χ2v) is 10.5. The summed E-state index contributed by atoms with van der Waals surface area (Å²) in [5.41, 5.74) is 1.15. The van der Waals surface area contributed by atoms with Crippen molar-refractivity contribution in [3.8, 4) is 5.75 Å². The molecule has 10 heteroatoms. The molecule has 0 saturated carbocycles. The zero-order valence-corrected chi connectivity index (χ0v) is 21.0. The Labute approximate surface area is 199 Å². The van der Waals surface area contributed by atoms with Crippen LogP contribution >= 0.6 is 23.7 Å². The normalized spacial score (nSPS) is 11.4. The second-order valence-electron chi connectivity index (χ2n) is 7.22. The largest absolute Gasteiger partial charge is 0.492 e. The Hall–Kier alpha value is -2.20. The molecule has 0 saturated heterocycles. The molecule has 1 amide bonds. The van der Waals surface area contributed by atoms with Gasteiger partial charge in [0.25, 0.3) is 5.91 Å². The number of sulfone groups is 1. The molecule has 0 unspecified atom stereocenters. The minimum Gasteiger partial charge on any atom is -0.492 e. The molecule has 0 bridgehead atoms. The molecule has 0 radical (unpaired) electrons. The van der Waals surface area contributed by atoms with E-state index in [1.54, 1.807) is 24.0 Å². The Morgan fingerprint density at radius 2 is 1.75 bits per heavy atom. The molecule has 1 heterocycles. The van der Waals surface area contributed by atoms with E-state index in [2.05, 4.69) is 0 Å². The Morgan fingerprint density at radius 3 is 2.34 bits per heavy atom. The van der Waals surface area contributed by atoms with Crippen molar-refractivity contribution in [1.82, 2.24) is 9.88 Å². The van der Waals surface area contributed by atoms with Gasteiger partial charge in [0, 0.05) is 18.7 Å². The highest BCUT2D eigenvalue weighted by molar-refractivity contribution is 7.91. The van der Waals surface area contributed by atoms with Crippen LogP contribution in [0.15, 0.2) is 47.4 Å². The maximum atomic E-state index is 13.4. The van der Waals surface area contributed by atoms with Gasteiger partial charge in [0.15, 0.2) is 15.0 Å². The highest BCUT2D eigenvalue weighted by atomic mass is 35.5. The molecule has 32 heavy (non-hydrogen) atoms. The minimum atomic E-state index is -3.32. The fourth-order valence-electron chi connectivity index (χ4n) is 3.01. The van der Waals surface area contributed by atoms with Crippen molar-refractivity contribution in [3.63, 3.8) is 0 Å². The van der Waals surface area contributed by atoms with Gasteiger partial charge in [0.1, 0.15) is 11.3 Å².